The molecule has 0 radical (unpaired) electrons. The van der Waals surface area contributed by atoms with Gasteiger partial charge in [0.05, 0.1) is 6.54 Å². The van der Waals surface area contributed by atoms with Gasteiger partial charge < -0.3 is 5.43 Å². The van der Waals surface area contributed by atoms with Crippen molar-refractivity contribution in [3.63, 3.8) is 0 Å². The van der Waals surface area contributed by atoms with Gasteiger partial charge >= 0.3 is 0 Å². The largest absolute Gasteiger partial charge is 0.321 e. The van der Waals surface area contributed by atoms with Crippen LogP contribution in [-0.4, -0.2) is 9.66 Å². The van der Waals surface area contributed by atoms with E-state index < -0.39 is 0 Å². The van der Waals surface area contributed by atoms with Crippen molar-refractivity contribution in [1.82, 2.24) is 9.66 Å². The molecular weight excluding hydrogens is 198 g/mol. The highest BCUT2D eigenvalue weighted by Crippen LogP contribution is 2.06. The Balaban J connectivity index is 2.05. The molecule has 16 heavy (non-hydrogen) atoms. The van der Waals surface area contributed by atoms with Crippen molar-refractivity contribution in [2.45, 2.75) is 27.3 Å². The predicted octanol–water partition coefficient (Wildman–Crippen LogP) is 2.55. The maximum Gasteiger partial charge on any atom is 0.0579 e. The molecule has 84 valence electrons. The zero-order valence-electron chi connectivity index (χ0n) is 9.99. The fraction of sp³-hybridized carbons (Fsp3) is 0.308. The van der Waals surface area contributed by atoms with Crippen molar-refractivity contribution in [3.05, 3.63) is 53.1 Å². The van der Waals surface area contributed by atoms with Gasteiger partial charge in [-0.15, -0.1) is 0 Å². The van der Waals surface area contributed by atoms with Gasteiger partial charge in [-0.1, -0.05) is 6.07 Å². The van der Waals surface area contributed by atoms with E-state index in [1.54, 1.807) is 0 Å². The SMILES string of the molecule is Cc1ccc(CNn2c(C)ccc2C)cn1. The molecule has 2 aromatic heterocycles. The van der Waals surface area contributed by atoms with Crippen LogP contribution in [0.1, 0.15) is 22.6 Å². The van der Waals surface area contributed by atoms with E-state index in [0.717, 1.165) is 12.2 Å². The van der Waals surface area contributed by atoms with E-state index in [-0.39, 0.29) is 0 Å². The van der Waals surface area contributed by atoms with E-state index in [9.17, 15) is 0 Å². The first kappa shape index (κ1) is 10.7. The summed E-state index contributed by atoms with van der Waals surface area (Å²) in [7, 11) is 0. The van der Waals surface area contributed by atoms with Gasteiger partial charge in [0, 0.05) is 23.3 Å². The highest BCUT2D eigenvalue weighted by Gasteiger charge is 2.00. The van der Waals surface area contributed by atoms with Crippen LogP contribution in [0, 0.1) is 20.8 Å². The van der Waals surface area contributed by atoms with E-state index in [4.69, 9.17) is 0 Å². The summed E-state index contributed by atoms with van der Waals surface area (Å²) >= 11 is 0. The van der Waals surface area contributed by atoms with Crippen LogP contribution in [0.3, 0.4) is 0 Å². The van der Waals surface area contributed by atoms with Crippen molar-refractivity contribution < 1.29 is 0 Å². The minimum atomic E-state index is 0.795. The first-order chi connectivity index (χ1) is 7.66. The van der Waals surface area contributed by atoms with Crippen LogP contribution < -0.4 is 5.43 Å². The van der Waals surface area contributed by atoms with E-state index in [2.05, 4.69) is 47.1 Å². The molecule has 0 aliphatic rings. The molecule has 0 saturated carbocycles. The second-order valence-electron chi connectivity index (χ2n) is 4.09. The van der Waals surface area contributed by atoms with Crippen LogP contribution in [0.2, 0.25) is 0 Å². The van der Waals surface area contributed by atoms with E-state index >= 15 is 0 Å². The molecule has 0 aromatic carbocycles. The quantitative estimate of drug-likeness (QED) is 0.852. The molecule has 0 atom stereocenters. The lowest BCUT2D eigenvalue weighted by Gasteiger charge is -2.12. The first-order valence-electron chi connectivity index (χ1n) is 5.47. The number of hydrogen-bond acceptors (Lipinski definition) is 2. The Morgan fingerprint density at radius 3 is 2.31 bits per heavy atom. The number of aromatic nitrogens is 2. The monoisotopic (exact) mass is 215 g/mol. The van der Waals surface area contributed by atoms with Crippen LogP contribution in [0.15, 0.2) is 30.5 Å². The summed E-state index contributed by atoms with van der Waals surface area (Å²) in [6.45, 7) is 6.97. The average molecular weight is 215 g/mol. The summed E-state index contributed by atoms with van der Waals surface area (Å²) in [5.74, 6) is 0. The third-order valence-electron chi connectivity index (χ3n) is 2.69. The third kappa shape index (κ3) is 2.24. The zero-order valence-corrected chi connectivity index (χ0v) is 9.99. The molecule has 0 bridgehead atoms. The maximum absolute atomic E-state index is 4.27. The Kier molecular flexibility index (Phi) is 2.95. The molecule has 2 heterocycles. The Morgan fingerprint density at radius 1 is 1.06 bits per heavy atom. The molecule has 3 nitrogen and oxygen atoms in total. The van der Waals surface area contributed by atoms with Crippen molar-refractivity contribution in [2.24, 2.45) is 0 Å². The Labute approximate surface area is 96.1 Å². The average Bonchev–Trinajstić information content (AvgIpc) is 2.59. The second kappa shape index (κ2) is 4.39. The molecule has 0 spiro atoms. The Hall–Kier alpha value is -1.77. The van der Waals surface area contributed by atoms with Crippen molar-refractivity contribution in [1.29, 1.82) is 0 Å². The summed E-state index contributed by atoms with van der Waals surface area (Å²) in [6, 6.07) is 8.35. The highest BCUT2D eigenvalue weighted by atomic mass is 15.4. The Bertz CT molecular complexity index is 449. The van der Waals surface area contributed by atoms with Gasteiger partial charge in [-0.2, -0.15) is 0 Å². The fourth-order valence-electron chi connectivity index (χ4n) is 1.69. The number of aryl methyl sites for hydroxylation is 3. The van der Waals surface area contributed by atoms with Gasteiger partial charge in [0.1, 0.15) is 0 Å². The number of rotatable bonds is 3. The van der Waals surface area contributed by atoms with Gasteiger partial charge in [0.2, 0.25) is 0 Å². The van der Waals surface area contributed by atoms with Gasteiger partial charge in [0.25, 0.3) is 0 Å². The molecule has 0 unspecified atom stereocenters. The van der Waals surface area contributed by atoms with Gasteiger partial charge in [-0.05, 0) is 44.5 Å². The van der Waals surface area contributed by atoms with Gasteiger partial charge in [0.15, 0.2) is 0 Å². The van der Waals surface area contributed by atoms with Gasteiger partial charge in [-0.25, -0.2) is 0 Å². The minimum Gasteiger partial charge on any atom is -0.321 e. The summed E-state index contributed by atoms with van der Waals surface area (Å²) in [5, 5.41) is 0. The molecule has 3 heteroatoms. The zero-order chi connectivity index (χ0) is 11.5. The number of nitrogens with zero attached hydrogens (tertiary/aromatic N) is 2. The van der Waals surface area contributed by atoms with E-state index in [1.165, 1.54) is 17.0 Å². The topological polar surface area (TPSA) is 29.9 Å². The lowest BCUT2D eigenvalue weighted by molar-refractivity contribution is 0.790. The fourth-order valence-corrected chi connectivity index (χ4v) is 1.69. The smallest absolute Gasteiger partial charge is 0.0579 e. The molecule has 0 saturated heterocycles. The predicted molar refractivity (Wildman–Crippen MR) is 65.9 cm³/mol. The molecule has 0 amide bonds. The number of hydrogen-bond donors (Lipinski definition) is 1. The molecule has 0 aliphatic heterocycles. The van der Waals surface area contributed by atoms with Crippen molar-refractivity contribution in [2.75, 3.05) is 5.43 Å². The normalized spacial score (nSPS) is 10.4. The van der Waals surface area contributed by atoms with E-state index in [0.29, 0.717) is 0 Å². The minimum absolute atomic E-state index is 0.795. The van der Waals surface area contributed by atoms with Crippen LogP contribution in [-0.2, 0) is 6.54 Å². The Morgan fingerprint density at radius 2 is 1.75 bits per heavy atom. The second-order valence-corrected chi connectivity index (χ2v) is 4.09. The standard InChI is InChI=1S/C13H17N3/c1-10-4-7-13(8-14-10)9-15-16-11(2)5-6-12(16)3/h4-8,15H,9H2,1-3H3. The number of nitrogens with one attached hydrogen (secondary N) is 1. The van der Waals surface area contributed by atoms with Crippen LogP contribution in [0.5, 0.6) is 0 Å². The van der Waals surface area contributed by atoms with Crippen LogP contribution in [0.4, 0.5) is 0 Å². The molecule has 0 aliphatic carbocycles. The molecule has 1 N–H and O–H groups in total. The summed E-state index contributed by atoms with van der Waals surface area (Å²) < 4.78 is 2.10. The summed E-state index contributed by atoms with van der Waals surface area (Å²) in [6.07, 6.45) is 1.91. The van der Waals surface area contributed by atoms with Crippen molar-refractivity contribution in [3.8, 4) is 0 Å². The highest BCUT2D eigenvalue weighted by molar-refractivity contribution is 5.18. The molecule has 0 fully saturated rings. The van der Waals surface area contributed by atoms with Crippen LogP contribution in [0.25, 0.3) is 0 Å². The summed E-state index contributed by atoms with van der Waals surface area (Å²) in [4.78, 5) is 4.27. The lowest BCUT2D eigenvalue weighted by atomic mass is 10.2. The molecule has 2 rings (SSSR count). The first-order valence-corrected chi connectivity index (χ1v) is 5.47. The molecule has 2 aromatic rings. The molecular formula is C13H17N3. The van der Waals surface area contributed by atoms with Crippen LogP contribution >= 0.6 is 0 Å². The maximum atomic E-state index is 4.27. The lowest BCUT2D eigenvalue weighted by Crippen LogP contribution is -2.16. The van der Waals surface area contributed by atoms with E-state index in [1.807, 2.05) is 19.2 Å². The van der Waals surface area contributed by atoms with Gasteiger partial charge in [-0.3, -0.25) is 9.66 Å². The third-order valence-corrected chi connectivity index (χ3v) is 2.69. The summed E-state index contributed by atoms with van der Waals surface area (Å²) in [5.41, 5.74) is 8.06. The van der Waals surface area contributed by atoms with Crippen molar-refractivity contribution >= 4 is 0 Å². The number of pyridine rings is 1.